The van der Waals surface area contributed by atoms with Crippen LogP contribution in [0.3, 0.4) is 0 Å². The van der Waals surface area contributed by atoms with Gasteiger partial charge >= 0.3 is 6.01 Å². The van der Waals surface area contributed by atoms with Crippen LogP contribution in [-0.4, -0.2) is 15.9 Å². The molecule has 0 unspecified atom stereocenters. The van der Waals surface area contributed by atoms with Gasteiger partial charge in [-0.1, -0.05) is 36.4 Å². The molecule has 0 fully saturated rings. The molecule has 1 N–H and O–H groups in total. The van der Waals surface area contributed by atoms with E-state index in [9.17, 15) is 4.79 Å². The summed E-state index contributed by atoms with van der Waals surface area (Å²) < 4.78 is 5.63. The summed E-state index contributed by atoms with van der Waals surface area (Å²) in [6, 6.07) is 22.9. The quantitative estimate of drug-likeness (QED) is 0.463. The van der Waals surface area contributed by atoms with Crippen LogP contribution in [0.4, 0.5) is 5.69 Å². The molecule has 3 aromatic carbocycles. The summed E-state index contributed by atoms with van der Waals surface area (Å²) in [5.74, 6) is 0.514. The first-order chi connectivity index (χ1) is 14.6. The highest BCUT2D eigenvalue weighted by atomic mass is 16.5. The lowest BCUT2D eigenvalue weighted by atomic mass is 10.1. The van der Waals surface area contributed by atoms with E-state index in [1.54, 1.807) is 18.5 Å². The number of aromatic nitrogens is 2. The molecular weight excluding hydrogens is 374 g/mol. The van der Waals surface area contributed by atoms with Crippen LogP contribution in [0.25, 0.3) is 11.1 Å². The number of para-hydroxylation sites is 1. The fraction of sp³-hybridized carbons (Fsp3) is 0.0800. The molecule has 0 saturated heterocycles. The zero-order chi connectivity index (χ0) is 20.9. The van der Waals surface area contributed by atoms with Gasteiger partial charge < -0.3 is 10.1 Å². The highest BCUT2D eigenvalue weighted by molar-refractivity contribution is 6.05. The van der Waals surface area contributed by atoms with Crippen molar-refractivity contribution in [3.05, 3.63) is 102 Å². The lowest BCUT2D eigenvalue weighted by Crippen LogP contribution is -2.12. The number of nitrogens with zero attached hydrogens (tertiary/aromatic N) is 2. The van der Waals surface area contributed by atoms with Crippen LogP contribution in [0.15, 0.2) is 85.2 Å². The molecule has 4 rings (SSSR count). The molecule has 0 aliphatic heterocycles. The van der Waals surface area contributed by atoms with Crippen LogP contribution < -0.4 is 10.1 Å². The van der Waals surface area contributed by atoms with E-state index in [-0.39, 0.29) is 11.9 Å². The minimum atomic E-state index is -0.162. The molecule has 5 nitrogen and oxygen atoms in total. The van der Waals surface area contributed by atoms with E-state index in [1.165, 1.54) is 5.56 Å². The molecule has 1 aromatic heterocycles. The topological polar surface area (TPSA) is 64.1 Å². The van der Waals surface area contributed by atoms with Crippen molar-refractivity contribution in [2.45, 2.75) is 13.8 Å². The molecule has 4 aromatic rings. The normalized spacial score (nSPS) is 10.5. The molecule has 5 heteroatoms. The summed E-state index contributed by atoms with van der Waals surface area (Å²) in [5, 5.41) is 2.95. The second-order valence-corrected chi connectivity index (χ2v) is 7.00. The van der Waals surface area contributed by atoms with E-state index in [1.807, 2.05) is 80.6 Å². The number of carbonyl (C=O) groups is 1. The number of carbonyl (C=O) groups excluding carboxylic acids is 1. The Kier molecular flexibility index (Phi) is 5.52. The van der Waals surface area contributed by atoms with Gasteiger partial charge in [-0.05, 0) is 66.9 Å². The van der Waals surface area contributed by atoms with Crippen LogP contribution in [-0.2, 0) is 0 Å². The Labute approximate surface area is 175 Å². The number of hydrogen-bond acceptors (Lipinski definition) is 4. The van der Waals surface area contributed by atoms with Gasteiger partial charge in [-0.15, -0.1) is 0 Å². The highest BCUT2D eigenvalue weighted by Gasteiger charge is 2.09. The molecule has 0 atom stereocenters. The molecule has 0 bridgehead atoms. The minimum absolute atomic E-state index is 0.162. The largest absolute Gasteiger partial charge is 0.424 e. The number of anilines is 1. The SMILES string of the molecule is Cc1ccc(NC(=O)c2cccc(-c3cnc(Oc4ccccc4)nc3)c2)cc1C. The summed E-state index contributed by atoms with van der Waals surface area (Å²) in [6.45, 7) is 4.07. The van der Waals surface area contributed by atoms with E-state index in [0.717, 1.165) is 22.4 Å². The molecule has 30 heavy (non-hydrogen) atoms. The molecule has 148 valence electrons. The van der Waals surface area contributed by atoms with Gasteiger partial charge in [0.05, 0.1) is 0 Å². The fourth-order valence-electron chi connectivity index (χ4n) is 2.97. The summed E-state index contributed by atoms with van der Waals surface area (Å²) in [6.07, 6.45) is 3.37. The monoisotopic (exact) mass is 395 g/mol. The van der Waals surface area contributed by atoms with E-state index >= 15 is 0 Å². The second kappa shape index (κ2) is 8.57. The molecule has 1 amide bonds. The smallest absolute Gasteiger partial charge is 0.321 e. The van der Waals surface area contributed by atoms with Crippen molar-refractivity contribution in [1.29, 1.82) is 0 Å². The Bertz CT molecular complexity index is 1170. The van der Waals surface area contributed by atoms with Crippen molar-refractivity contribution >= 4 is 11.6 Å². The maximum absolute atomic E-state index is 12.7. The average Bonchev–Trinajstić information content (AvgIpc) is 2.78. The molecule has 0 spiro atoms. The molecule has 0 radical (unpaired) electrons. The van der Waals surface area contributed by atoms with E-state index in [4.69, 9.17) is 4.74 Å². The van der Waals surface area contributed by atoms with Crippen LogP contribution >= 0.6 is 0 Å². The summed E-state index contributed by atoms with van der Waals surface area (Å²) in [5.41, 5.74) is 5.33. The Balaban J connectivity index is 1.49. The lowest BCUT2D eigenvalue weighted by Gasteiger charge is -2.09. The average molecular weight is 395 g/mol. The van der Waals surface area contributed by atoms with Gasteiger partial charge in [-0.2, -0.15) is 0 Å². The van der Waals surface area contributed by atoms with Crippen molar-refractivity contribution in [3.63, 3.8) is 0 Å². The van der Waals surface area contributed by atoms with E-state index in [2.05, 4.69) is 15.3 Å². The summed E-state index contributed by atoms with van der Waals surface area (Å²) in [7, 11) is 0. The number of amides is 1. The zero-order valence-electron chi connectivity index (χ0n) is 16.8. The van der Waals surface area contributed by atoms with Crippen molar-refractivity contribution in [1.82, 2.24) is 9.97 Å². The standard InChI is InChI=1S/C25H21N3O2/c1-17-11-12-22(13-18(17)2)28-24(29)20-8-6-7-19(14-20)21-15-26-25(27-16-21)30-23-9-4-3-5-10-23/h3-16H,1-2H3,(H,28,29). The number of rotatable bonds is 5. The first-order valence-electron chi connectivity index (χ1n) is 9.62. The summed E-state index contributed by atoms with van der Waals surface area (Å²) in [4.78, 5) is 21.2. The van der Waals surface area contributed by atoms with E-state index < -0.39 is 0 Å². The highest BCUT2D eigenvalue weighted by Crippen LogP contribution is 2.23. The van der Waals surface area contributed by atoms with Gasteiger partial charge in [0, 0.05) is 29.2 Å². The van der Waals surface area contributed by atoms with Crippen LogP contribution in [0.2, 0.25) is 0 Å². The molecule has 0 saturated carbocycles. The maximum Gasteiger partial charge on any atom is 0.321 e. The molecular formula is C25H21N3O2. The number of hydrogen-bond donors (Lipinski definition) is 1. The first kappa shape index (κ1) is 19.3. The first-order valence-corrected chi connectivity index (χ1v) is 9.62. The third-order valence-electron chi connectivity index (χ3n) is 4.80. The Morgan fingerprint density at radius 3 is 2.30 bits per heavy atom. The Hall–Kier alpha value is -3.99. The van der Waals surface area contributed by atoms with Gasteiger partial charge in [-0.3, -0.25) is 4.79 Å². The van der Waals surface area contributed by atoms with Crippen molar-refractivity contribution in [2.75, 3.05) is 5.32 Å². The van der Waals surface area contributed by atoms with Gasteiger partial charge in [0.2, 0.25) is 0 Å². The minimum Gasteiger partial charge on any atom is -0.424 e. The maximum atomic E-state index is 12.7. The number of ether oxygens (including phenoxy) is 1. The number of aryl methyl sites for hydroxylation is 2. The van der Waals surface area contributed by atoms with Crippen LogP contribution in [0, 0.1) is 13.8 Å². The van der Waals surface area contributed by atoms with Gasteiger partial charge in [0.25, 0.3) is 5.91 Å². The van der Waals surface area contributed by atoms with Gasteiger partial charge in [0.1, 0.15) is 5.75 Å². The van der Waals surface area contributed by atoms with Gasteiger partial charge in [0.15, 0.2) is 0 Å². The number of benzene rings is 3. The van der Waals surface area contributed by atoms with Crippen LogP contribution in [0.5, 0.6) is 11.8 Å². The zero-order valence-corrected chi connectivity index (χ0v) is 16.8. The molecule has 0 aliphatic rings. The van der Waals surface area contributed by atoms with Crippen molar-refractivity contribution in [3.8, 4) is 22.9 Å². The van der Waals surface area contributed by atoms with E-state index in [0.29, 0.717) is 11.3 Å². The lowest BCUT2D eigenvalue weighted by molar-refractivity contribution is 0.102. The Morgan fingerprint density at radius 1 is 0.800 bits per heavy atom. The molecule has 0 aliphatic carbocycles. The van der Waals surface area contributed by atoms with Crippen molar-refractivity contribution in [2.24, 2.45) is 0 Å². The number of nitrogens with one attached hydrogen (secondary N) is 1. The molecule has 1 heterocycles. The summed E-state index contributed by atoms with van der Waals surface area (Å²) >= 11 is 0. The predicted molar refractivity (Wildman–Crippen MR) is 118 cm³/mol. The Morgan fingerprint density at radius 2 is 1.57 bits per heavy atom. The van der Waals surface area contributed by atoms with Gasteiger partial charge in [-0.25, -0.2) is 9.97 Å². The van der Waals surface area contributed by atoms with Crippen LogP contribution in [0.1, 0.15) is 21.5 Å². The third kappa shape index (κ3) is 4.52. The van der Waals surface area contributed by atoms with Crippen molar-refractivity contribution < 1.29 is 9.53 Å². The second-order valence-electron chi connectivity index (χ2n) is 7.00. The predicted octanol–water partition coefficient (Wildman–Crippen LogP) is 5.81. The fourth-order valence-corrected chi connectivity index (χ4v) is 2.97. The third-order valence-corrected chi connectivity index (χ3v) is 4.80.